The van der Waals surface area contributed by atoms with Gasteiger partial charge in [-0.1, -0.05) is 12.1 Å². The molecule has 15 heavy (non-hydrogen) atoms. The van der Waals surface area contributed by atoms with Crippen molar-refractivity contribution < 1.29 is 22.8 Å². The summed E-state index contributed by atoms with van der Waals surface area (Å²) < 4.78 is 50.0. The summed E-state index contributed by atoms with van der Waals surface area (Å²) in [5.41, 5.74) is -1.52. The first-order chi connectivity index (χ1) is 6.82. The van der Waals surface area contributed by atoms with Crippen LogP contribution in [0.25, 0.3) is 0 Å². The summed E-state index contributed by atoms with van der Waals surface area (Å²) in [5, 5.41) is 9.42. The highest BCUT2D eigenvalue weighted by Crippen LogP contribution is 2.32. The molecule has 0 aliphatic rings. The molecule has 0 bridgehead atoms. The highest BCUT2D eigenvalue weighted by atomic mass is 19.4. The summed E-state index contributed by atoms with van der Waals surface area (Å²) in [6, 6.07) is 2.96. The molecular weight excluding hydrogens is 214 g/mol. The molecule has 0 aliphatic carbocycles. The van der Waals surface area contributed by atoms with Crippen molar-refractivity contribution in [2.24, 2.45) is 0 Å². The summed E-state index contributed by atoms with van der Waals surface area (Å²) in [6.07, 6.45) is -4.71. The molecule has 0 aromatic heterocycles. The predicted molar refractivity (Wildman–Crippen MR) is 44.7 cm³/mol. The smallest absolute Gasteiger partial charge is 0.314 e. The maximum atomic E-state index is 13.3. The van der Waals surface area contributed by atoms with Crippen LogP contribution in [0.15, 0.2) is 18.2 Å². The van der Waals surface area contributed by atoms with Gasteiger partial charge in [0.2, 0.25) is 0 Å². The average molecular weight is 223 g/mol. The Hall–Kier alpha value is -1.14. The van der Waals surface area contributed by atoms with Gasteiger partial charge in [-0.2, -0.15) is 18.2 Å². The lowest BCUT2D eigenvalue weighted by Crippen LogP contribution is -2.16. The summed E-state index contributed by atoms with van der Waals surface area (Å²) in [5.74, 6) is -1.34. The van der Waals surface area contributed by atoms with Crippen molar-refractivity contribution in [3.63, 3.8) is 0 Å². The van der Waals surface area contributed by atoms with Crippen LogP contribution in [0.3, 0.4) is 0 Å². The zero-order chi connectivity index (χ0) is 11.6. The maximum Gasteiger partial charge on any atom is 0.419 e. The minimum absolute atomic E-state index is 0.199. The number of hydrogen-bond acceptors (Lipinski definition) is 2. The molecule has 0 atom stereocenters. The molecule has 0 amide bonds. The van der Waals surface area contributed by atoms with Crippen LogP contribution in [0.2, 0.25) is 0 Å². The van der Waals surface area contributed by atoms with Crippen LogP contribution in [0.4, 0.5) is 17.6 Å². The second-order valence-electron chi connectivity index (χ2n) is 3.09. The second kappa shape index (κ2) is 4.16. The highest BCUT2D eigenvalue weighted by Gasteiger charge is 2.34. The van der Waals surface area contributed by atoms with Crippen molar-refractivity contribution in [3.8, 4) is 0 Å². The Labute approximate surface area is 83.7 Å². The molecule has 0 aliphatic heterocycles. The minimum atomic E-state index is -4.71. The molecule has 84 valence electrons. The normalized spacial score (nSPS) is 12.2. The summed E-state index contributed by atoms with van der Waals surface area (Å²) in [6.45, 7) is -0.296. The molecule has 0 fully saturated rings. The van der Waals surface area contributed by atoms with Crippen LogP contribution in [0.1, 0.15) is 11.1 Å². The lowest BCUT2D eigenvalue weighted by Gasteiger charge is -2.13. The third-order valence-corrected chi connectivity index (χ3v) is 1.78. The lowest BCUT2D eigenvalue weighted by molar-refractivity contribution is -0.140. The van der Waals surface area contributed by atoms with E-state index in [2.05, 4.69) is 0 Å². The summed E-state index contributed by atoms with van der Waals surface area (Å²) >= 11 is 0. The van der Waals surface area contributed by atoms with Crippen LogP contribution in [-0.4, -0.2) is 17.3 Å². The van der Waals surface area contributed by atoms with Crippen LogP contribution in [-0.2, 0) is 12.7 Å². The molecule has 2 nitrogen and oxygen atoms in total. The Morgan fingerprint density at radius 2 is 1.93 bits per heavy atom. The number of rotatable bonds is 2. The van der Waals surface area contributed by atoms with Crippen LogP contribution >= 0.6 is 0 Å². The van der Waals surface area contributed by atoms with E-state index in [9.17, 15) is 17.6 Å². The first-order valence-corrected chi connectivity index (χ1v) is 4.07. The number of hydroxylamine groups is 2. The van der Waals surface area contributed by atoms with Gasteiger partial charge in [-0.05, 0) is 6.07 Å². The topological polar surface area (TPSA) is 23.5 Å². The summed E-state index contributed by atoms with van der Waals surface area (Å²) in [4.78, 5) is 0. The molecule has 1 N–H and O–H groups in total. The van der Waals surface area contributed by atoms with Gasteiger partial charge in [-0.15, -0.1) is 0 Å². The van der Waals surface area contributed by atoms with E-state index in [1.54, 1.807) is 0 Å². The SMILES string of the molecule is CN(O)Cc1cccc(C(F)(F)F)c1F. The van der Waals surface area contributed by atoms with Crippen molar-refractivity contribution >= 4 is 0 Å². The predicted octanol–water partition coefficient (Wildman–Crippen LogP) is 2.67. The van der Waals surface area contributed by atoms with E-state index in [0.29, 0.717) is 11.1 Å². The third-order valence-electron chi connectivity index (χ3n) is 1.78. The van der Waals surface area contributed by atoms with E-state index in [-0.39, 0.29) is 12.1 Å². The maximum absolute atomic E-state index is 13.3. The molecule has 1 aromatic carbocycles. The Kier molecular flexibility index (Phi) is 3.31. The van der Waals surface area contributed by atoms with Gasteiger partial charge in [-0.3, -0.25) is 0 Å². The zero-order valence-corrected chi connectivity index (χ0v) is 7.85. The highest BCUT2D eigenvalue weighted by molar-refractivity contribution is 5.27. The van der Waals surface area contributed by atoms with E-state index in [4.69, 9.17) is 5.21 Å². The van der Waals surface area contributed by atoms with Crippen LogP contribution < -0.4 is 0 Å². The largest absolute Gasteiger partial charge is 0.419 e. The molecule has 0 radical (unpaired) electrons. The van der Waals surface area contributed by atoms with Crippen molar-refractivity contribution in [1.29, 1.82) is 0 Å². The van der Waals surface area contributed by atoms with Gasteiger partial charge in [-0.25, -0.2) is 4.39 Å². The number of hydrogen-bond donors (Lipinski definition) is 1. The molecule has 0 unspecified atom stereocenters. The second-order valence-corrected chi connectivity index (χ2v) is 3.09. The van der Waals surface area contributed by atoms with Crippen molar-refractivity contribution in [3.05, 3.63) is 35.1 Å². The van der Waals surface area contributed by atoms with Gasteiger partial charge in [0.05, 0.1) is 12.1 Å². The number of nitrogens with zero attached hydrogens (tertiary/aromatic N) is 1. The van der Waals surface area contributed by atoms with Crippen molar-refractivity contribution in [2.45, 2.75) is 12.7 Å². The van der Waals surface area contributed by atoms with Crippen LogP contribution in [0, 0.1) is 5.82 Å². The quantitative estimate of drug-likeness (QED) is 0.615. The van der Waals surface area contributed by atoms with E-state index in [1.165, 1.54) is 13.1 Å². The average Bonchev–Trinajstić information content (AvgIpc) is 2.05. The van der Waals surface area contributed by atoms with Gasteiger partial charge in [0.1, 0.15) is 5.82 Å². The Morgan fingerprint density at radius 1 is 1.33 bits per heavy atom. The van der Waals surface area contributed by atoms with Crippen molar-refractivity contribution in [2.75, 3.05) is 7.05 Å². The summed E-state index contributed by atoms with van der Waals surface area (Å²) in [7, 11) is 1.22. The molecule has 0 saturated heterocycles. The van der Waals surface area contributed by atoms with E-state index >= 15 is 0 Å². The van der Waals surface area contributed by atoms with Crippen molar-refractivity contribution in [1.82, 2.24) is 5.06 Å². The first kappa shape index (κ1) is 11.9. The van der Waals surface area contributed by atoms with E-state index in [1.807, 2.05) is 0 Å². The fourth-order valence-electron chi connectivity index (χ4n) is 1.17. The third kappa shape index (κ3) is 2.90. The number of benzene rings is 1. The Bertz CT molecular complexity index is 348. The van der Waals surface area contributed by atoms with Gasteiger partial charge < -0.3 is 5.21 Å². The molecule has 1 rings (SSSR count). The van der Waals surface area contributed by atoms with Gasteiger partial charge in [0.25, 0.3) is 0 Å². The molecule has 6 heteroatoms. The van der Waals surface area contributed by atoms with E-state index < -0.39 is 17.6 Å². The Morgan fingerprint density at radius 3 is 2.40 bits per heavy atom. The fraction of sp³-hybridized carbons (Fsp3) is 0.333. The molecule has 0 heterocycles. The lowest BCUT2D eigenvalue weighted by atomic mass is 10.1. The van der Waals surface area contributed by atoms with Gasteiger partial charge in [0.15, 0.2) is 0 Å². The molecule has 0 spiro atoms. The fourth-order valence-corrected chi connectivity index (χ4v) is 1.17. The standard InChI is InChI=1S/C9H9F4NO/c1-14(15)5-6-3-2-4-7(8(6)10)9(11,12)13/h2-4,15H,5H2,1H3. The number of alkyl halides is 3. The first-order valence-electron chi connectivity index (χ1n) is 4.07. The Balaban J connectivity index is 3.12. The zero-order valence-electron chi connectivity index (χ0n) is 7.85. The van der Waals surface area contributed by atoms with E-state index in [0.717, 1.165) is 6.07 Å². The molecular formula is C9H9F4NO. The van der Waals surface area contributed by atoms with Gasteiger partial charge >= 0.3 is 6.18 Å². The van der Waals surface area contributed by atoms with Crippen LogP contribution in [0.5, 0.6) is 0 Å². The number of halogens is 4. The monoisotopic (exact) mass is 223 g/mol. The minimum Gasteiger partial charge on any atom is -0.314 e. The molecule has 1 aromatic rings. The molecule has 0 saturated carbocycles. The van der Waals surface area contributed by atoms with Gasteiger partial charge in [0, 0.05) is 12.6 Å².